The number of hydrogen-bond acceptors (Lipinski definition) is 5. The number of urea groups is 1. The van der Waals surface area contributed by atoms with Gasteiger partial charge in [0.1, 0.15) is 5.58 Å². The van der Waals surface area contributed by atoms with E-state index < -0.39 is 23.5 Å². The molecule has 0 atom stereocenters. The Morgan fingerprint density at radius 1 is 1.08 bits per heavy atom. The van der Waals surface area contributed by atoms with Crippen molar-refractivity contribution < 1.29 is 18.8 Å². The number of fused-ring (bicyclic) bond motifs is 1. The summed E-state index contributed by atoms with van der Waals surface area (Å²) < 4.78 is 5.21. The van der Waals surface area contributed by atoms with Crippen LogP contribution in [0.2, 0.25) is 5.02 Å². The Hall–Kier alpha value is -2.93. The van der Waals surface area contributed by atoms with Crippen LogP contribution in [0, 0.1) is 0 Å². The predicted octanol–water partition coefficient (Wildman–Crippen LogP) is 2.49. The lowest BCUT2D eigenvalue weighted by molar-refractivity contribution is -0.143. The molecule has 2 aromatic rings. The molecule has 8 heteroatoms. The Labute approximate surface area is 153 Å². The van der Waals surface area contributed by atoms with Gasteiger partial charge in [0.25, 0.3) is 0 Å². The first-order valence-electron chi connectivity index (χ1n) is 7.90. The first-order chi connectivity index (χ1) is 12.4. The van der Waals surface area contributed by atoms with Crippen LogP contribution in [0.1, 0.15) is 18.1 Å². The number of hydrogen-bond donors (Lipinski definition) is 0. The van der Waals surface area contributed by atoms with E-state index in [2.05, 4.69) is 6.58 Å². The van der Waals surface area contributed by atoms with Crippen molar-refractivity contribution in [3.63, 3.8) is 0 Å². The fraction of sp³-hybridized carbons (Fsp3) is 0.222. The molecule has 3 rings (SSSR count). The first-order valence-corrected chi connectivity index (χ1v) is 8.28. The Morgan fingerprint density at radius 3 is 2.42 bits per heavy atom. The van der Waals surface area contributed by atoms with Crippen LogP contribution in [0.25, 0.3) is 11.0 Å². The van der Waals surface area contributed by atoms with Gasteiger partial charge >= 0.3 is 23.5 Å². The largest absolute Gasteiger partial charge is 0.423 e. The van der Waals surface area contributed by atoms with E-state index in [4.69, 9.17) is 16.0 Å². The van der Waals surface area contributed by atoms with Crippen molar-refractivity contribution in [2.75, 3.05) is 6.54 Å². The molecular weight excluding hydrogens is 360 g/mol. The van der Waals surface area contributed by atoms with Gasteiger partial charge in [-0.1, -0.05) is 24.6 Å². The zero-order valence-electron chi connectivity index (χ0n) is 14.0. The van der Waals surface area contributed by atoms with Crippen LogP contribution in [-0.4, -0.2) is 34.2 Å². The maximum absolute atomic E-state index is 12.3. The second-order valence-corrected chi connectivity index (χ2v) is 6.17. The van der Waals surface area contributed by atoms with E-state index in [-0.39, 0.29) is 13.1 Å². The van der Waals surface area contributed by atoms with Gasteiger partial charge in [-0.3, -0.25) is 19.4 Å². The van der Waals surface area contributed by atoms with Crippen molar-refractivity contribution in [3.05, 3.63) is 57.4 Å². The van der Waals surface area contributed by atoms with E-state index in [0.717, 1.165) is 15.4 Å². The van der Waals surface area contributed by atoms with Crippen molar-refractivity contribution in [2.24, 2.45) is 0 Å². The van der Waals surface area contributed by atoms with Crippen molar-refractivity contribution in [1.82, 2.24) is 9.80 Å². The topological polar surface area (TPSA) is 87.9 Å². The molecule has 0 bridgehead atoms. The summed E-state index contributed by atoms with van der Waals surface area (Å²) in [6.45, 7) is 5.07. The number of benzene rings is 1. The molecule has 7 nitrogen and oxygen atoms in total. The maximum atomic E-state index is 12.3. The highest BCUT2D eigenvalue weighted by Crippen LogP contribution is 2.27. The van der Waals surface area contributed by atoms with Gasteiger partial charge in [-0.05, 0) is 29.7 Å². The SMILES string of the molecule is C=CCN1C(=O)C(=O)N(Cc2cc(=O)oc3cc(CC)c(Cl)cc23)C1=O. The summed E-state index contributed by atoms with van der Waals surface area (Å²) in [5.41, 5.74) is 0.864. The molecule has 0 radical (unpaired) electrons. The van der Waals surface area contributed by atoms with Crippen LogP contribution in [-0.2, 0) is 22.6 Å². The van der Waals surface area contributed by atoms with Crippen LogP contribution in [0.4, 0.5) is 4.79 Å². The number of carbonyl (C=O) groups is 3. The van der Waals surface area contributed by atoms with Crippen LogP contribution < -0.4 is 5.63 Å². The van der Waals surface area contributed by atoms with E-state index in [9.17, 15) is 19.2 Å². The molecule has 0 aliphatic carbocycles. The number of nitrogens with zero attached hydrogens (tertiary/aromatic N) is 2. The quantitative estimate of drug-likeness (QED) is 0.347. The van der Waals surface area contributed by atoms with Crippen LogP contribution in [0.5, 0.6) is 0 Å². The summed E-state index contributed by atoms with van der Waals surface area (Å²) in [6.07, 6.45) is 2.00. The highest BCUT2D eigenvalue weighted by Gasteiger charge is 2.43. The lowest BCUT2D eigenvalue weighted by atomic mass is 10.1. The van der Waals surface area contributed by atoms with Crippen molar-refractivity contribution in [3.8, 4) is 0 Å². The molecule has 0 spiro atoms. The van der Waals surface area contributed by atoms with Gasteiger partial charge in [-0.25, -0.2) is 9.59 Å². The molecule has 26 heavy (non-hydrogen) atoms. The van der Waals surface area contributed by atoms with Crippen molar-refractivity contribution >= 4 is 40.4 Å². The minimum absolute atomic E-state index is 0.0662. The molecule has 0 unspecified atom stereocenters. The summed E-state index contributed by atoms with van der Waals surface area (Å²) in [5, 5.41) is 0.987. The molecule has 1 fully saturated rings. The third kappa shape index (κ3) is 2.90. The average molecular weight is 375 g/mol. The first kappa shape index (κ1) is 17.9. The molecule has 1 aromatic carbocycles. The lowest BCUT2D eigenvalue weighted by Crippen LogP contribution is -2.33. The summed E-state index contributed by atoms with van der Waals surface area (Å²) in [6, 6.07) is 3.72. The Bertz CT molecular complexity index is 1010. The third-order valence-corrected chi connectivity index (χ3v) is 4.51. The van der Waals surface area contributed by atoms with E-state index in [1.807, 2.05) is 6.92 Å². The standard InChI is InChI=1S/C18H15ClN2O5/c1-3-5-20-16(23)17(24)21(18(20)25)9-11-7-15(22)26-14-6-10(4-2)13(19)8-12(11)14/h3,6-8H,1,4-5,9H2,2H3. The molecule has 1 aliphatic rings. The minimum Gasteiger partial charge on any atom is -0.423 e. The normalized spacial score (nSPS) is 14.6. The van der Waals surface area contributed by atoms with Crippen LogP contribution in [0.15, 0.2) is 40.1 Å². The monoisotopic (exact) mass is 374 g/mol. The summed E-state index contributed by atoms with van der Waals surface area (Å²) in [7, 11) is 0. The van der Waals surface area contributed by atoms with E-state index in [1.165, 1.54) is 12.1 Å². The Kier molecular flexibility index (Phi) is 4.65. The van der Waals surface area contributed by atoms with Crippen LogP contribution >= 0.6 is 11.6 Å². The molecule has 4 amide bonds. The third-order valence-electron chi connectivity index (χ3n) is 4.15. The fourth-order valence-electron chi connectivity index (χ4n) is 2.84. The second-order valence-electron chi connectivity index (χ2n) is 5.76. The zero-order chi connectivity index (χ0) is 19.0. The number of amides is 4. The van der Waals surface area contributed by atoms with Crippen molar-refractivity contribution in [1.29, 1.82) is 0 Å². The maximum Gasteiger partial charge on any atom is 0.336 e. The van der Waals surface area contributed by atoms with Crippen LogP contribution in [0.3, 0.4) is 0 Å². The average Bonchev–Trinajstić information content (AvgIpc) is 2.80. The Morgan fingerprint density at radius 2 is 1.77 bits per heavy atom. The second kappa shape index (κ2) is 6.76. The molecule has 134 valence electrons. The summed E-state index contributed by atoms with van der Waals surface area (Å²) in [4.78, 5) is 49.9. The predicted molar refractivity (Wildman–Crippen MR) is 94.7 cm³/mol. The van der Waals surface area contributed by atoms with Gasteiger partial charge in [-0.15, -0.1) is 6.58 Å². The smallest absolute Gasteiger partial charge is 0.336 e. The minimum atomic E-state index is -0.950. The molecule has 1 aliphatic heterocycles. The summed E-state index contributed by atoms with van der Waals surface area (Å²) >= 11 is 6.24. The molecule has 0 saturated carbocycles. The number of carbonyl (C=O) groups excluding carboxylic acids is 3. The fourth-order valence-corrected chi connectivity index (χ4v) is 3.14. The van der Waals surface area contributed by atoms with Gasteiger partial charge in [-0.2, -0.15) is 0 Å². The number of rotatable bonds is 5. The number of imide groups is 2. The van der Waals surface area contributed by atoms with Gasteiger partial charge in [0.15, 0.2) is 0 Å². The van der Waals surface area contributed by atoms with E-state index in [0.29, 0.717) is 28.0 Å². The molecular formula is C18H15ClN2O5. The molecule has 2 heterocycles. The van der Waals surface area contributed by atoms with E-state index in [1.54, 1.807) is 12.1 Å². The van der Waals surface area contributed by atoms with Gasteiger partial charge in [0, 0.05) is 23.0 Å². The molecule has 0 N–H and O–H groups in total. The lowest BCUT2D eigenvalue weighted by Gasteiger charge is -2.15. The Balaban J connectivity index is 2.06. The zero-order valence-corrected chi connectivity index (χ0v) is 14.7. The summed E-state index contributed by atoms with van der Waals surface area (Å²) in [5.74, 6) is -1.87. The van der Waals surface area contributed by atoms with Gasteiger partial charge < -0.3 is 4.42 Å². The number of halogens is 1. The van der Waals surface area contributed by atoms with Gasteiger partial charge in [0.2, 0.25) is 0 Å². The highest BCUT2D eigenvalue weighted by atomic mass is 35.5. The van der Waals surface area contributed by atoms with E-state index >= 15 is 0 Å². The van der Waals surface area contributed by atoms with Gasteiger partial charge in [0.05, 0.1) is 6.54 Å². The molecule has 1 aromatic heterocycles. The molecule has 1 saturated heterocycles. The highest BCUT2D eigenvalue weighted by molar-refractivity contribution is 6.44. The number of aryl methyl sites for hydroxylation is 1. The van der Waals surface area contributed by atoms with Crippen molar-refractivity contribution in [2.45, 2.75) is 19.9 Å².